The van der Waals surface area contributed by atoms with E-state index in [-0.39, 0.29) is 0 Å². The van der Waals surface area contributed by atoms with Crippen molar-refractivity contribution in [3.05, 3.63) is 17.1 Å². The van der Waals surface area contributed by atoms with Crippen LogP contribution in [0.25, 0.3) is 23.0 Å². The molecule has 0 saturated heterocycles. The zero-order valence-electron chi connectivity index (χ0n) is 7.91. The molecule has 3 heterocycles. The van der Waals surface area contributed by atoms with Crippen molar-refractivity contribution in [3.8, 4) is 23.0 Å². The van der Waals surface area contributed by atoms with Gasteiger partial charge >= 0.3 is 0 Å². The molecule has 0 aliphatic heterocycles. The lowest BCUT2D eigenvalue weighted by atomic mass is 10.3. The molecular formula is C8H6N6OS. The van der Waals surface area contributed by atoms with Crippen molar-refractivity contribution in [1.82, 2.24) is 25.3 Å². The highest BCUT2D eigenvalue weighted by Crippen LogP contribution is 2.24. The van der Waals surface area contributed by atoms with Crippen LogP contribution in [0, 0.1) is 0 Å². The lowest BCUT2D eigenvalue weighted by Crippen LogP contribution is -1.87. The lowest BCUT2D eigenvalue weighted by Gasteiger charge is -1.87. The fourth-order valence-electron chi connectivity index (χ4n) is 1.23. The van der Waals surface area contributed by atoms with E-state index in [1.54, 1.807) is 5.51 Å². The maximum absolute atomic E-state index is 5.64. The Kier molecular flexibility index (Phi) is 1.93. The van der Waals surface area contributed by atoms with Crippen molar-refractivity contribution < 1.29 is 4.52 Å². The lowest BCUT2D eigenvalue weighted by molar-refractivity contribution is 0.432. The van der Waals surface area contributed by atoms with Gasteiger partial charge in [0.15, 0.2) is 0 Å². The molecule has 8 heteroatoms. The van der Waals surface area contributed by atoms with Crippen LogP contribution in [0.15, 0.2) is 21.6 Å². The molecule has 3 rings (SSSR count). The summed E-state index contributed by atoms with van der Waals surface area (Å²) in [6.45, 7) is 0. The first-order chi connectivity index (χ1) is 7.84. The Morgan fingerprint density at radius 2 is 2.38 bits per heavy atom. The number of aromatic nitrogens is 5. The van der Waals surface area contributed by atoms with Crippen molar-refractivity contribution in [2.24, 2.45) is 0 Å². The number of hydrogen-bond acceptors (Lipinski definition) is 7. The van der Waals surface area contributed by atoms with Gasteiger partial charge in [-0.15, -0.1) is 11.3 Å². The first kappa shape index (κ1) is 9.04. The van der Waals surface area contributed by atoms with Gasteiger partial charge in [-0.2, -0.15) is 10.1 Å². The molecule has 80 valence electrons. The Morgan fingerprint density at radius 3 is 3.06 bits per heavy atom. The van der Waals surface area contributed by atoms with E-state index in [1.807, 2.05) is 5.38 Å². The van der Waals surface area contributed by atoms with E-state index in [1.165, 1.54) is 17.5 Å². The zero-order chi connectivity index (χ0) is 11.0. The van der Waals surface area contributed by atoms with Crippen molar-refractivity contribution >= 4 is 17.2 Å². The number of nitrogens with one attached hydrogen (secondary N) is 1. The molecule has 0 radical (unpaired) electrons. The van der Waals surface area contributed by atoms with E-state index in [0.717, 1.165) is 0 Å². The molecule has 0 unspecified atom stereocenters. The highest BCUT2D eigenvalue weighted by Gasteiger charge is 2.15. The Labute approximate surface area is 93.3 Å². The molecule has 0 atom stereocenters. The molecule has 0 aliphatic rings. The maximum Gasteiger partial charge on any atom is 0.263 e. The minimum Gasteiger partial charge on any atom is -0.383 e. The molecule has 0 fully saturated rings. The third kappa shape index (κ3) is 1.36. The third-order valence-corrected chi connectivity index (χ3v) is 2.57. The average molecular weight is 234 g/mol. The number of thiazole rings is 1. The fourth-order valence-corrected chi connectivity index (χ4v) is 1.76. The molecule has 0 bridgehead atoms. The fraction of sp³-hybridized carbons (Fsp3) is 0. The largest absolute Gasteiger partial charge is 0.383 e. The first-order valence-electron chi connectivity index (χ1n) is 4.36. The molecule has 16 heavy (non-hydrogen) atoms. The summed E-state index contributed by atoms with van der Waals surface area (Å²) in [7, 11) is 0. The van der Waals surface area contributed by atoms with Crippen LogP contribution in [0.3, 0.4) is 0 Å². The van der Waals surface area contributed by atoms with Gasteiger partial charge in [0.1, 0.15) is 17.1 Å². The number of nitrogen functional groups attached to an aromatic ring is 1. The van der Waals surface area contributed by atoms with Crippen LogP contribution in [0.1, 0.15) is 0 Å². The van der Waals surface area contributed by atoms with E-state index in [4.69, 9.17) is 10.3 Å². The molecule has 7 nitrogen and oxygen atoms in total. The van der Waals surface area contributed by atoms with Gasteiger partial charge in [-0.1, -0.05) is 5.16 Å². The second kappa shape index (κ2) is 3.42. The molecule has 0 saturated carbocycles. The van der Waals surface area contributed by atoms with E-state index in [2.05, 4.69) is 25.3 Å². The number of nitrogens with two attached hydrogens (primary N) is 1. The van der Waals surface area contributed by atoms with E-state index in [9.17, 15) is 0 Å². The molecule has 0 spiro atoms. The second-order valence-electron chi connectivity index (χ2n) is 2.99. The first-order valence-corrected chi connectivity index (χ1v) is 5.30. The predicted octanol–water partition coefficient (Wildman–Crippen LogP) is 1.17. The number of nitrogens with zero attached hydrogens (tertiary/aromatic N) is 4. The third-order valence-electron chi connectivity index (χ3n) is 1.99. The summed E-state index contributed by atoms with van der Waals surface area (Å²) >= 11 is 1.47. The Balaban J connectivity index is 2.03. The molecule has 0 aromatic carbocycles. The summed E-state index contributed by atoms with van der Waals surface area (Å²) in [6.07, 6.45) is 1.54. The van der Waals surface area contributed by atoms with Crippen molar-refractivity contribution in [1.29, 1.82) is 0 Å². The van der Waals surface area contributed by atoms with Gasteiger partial charge in [0.2, 0.25) is 5.82 Å². The summed E-state index contributed by atoms with van der Waals surface area (Å²) in [4.78, 5) is 8.26. The second-order valence-corrected chi connectivity index (χ2v) is 3.71. The minimum absolute atomic E-state index is 0.328. The van der Waals surface area contributed by atoms with Crippen LogP contribution in [0.4, 0.5) is 5.82 Å². The van der Waals surface area contributed by atoms with Crippen LogP contribution in [0.5, 0.6) is 0 Å². The van der Waals surface area contributed by atoms with Gasteiger partial charge < -0.3 is 10.3 Å². The van der Waals surface area contributed by atoms with E-state index in [0.29, 0.717) is 28.8 Å². The summed E-state index contributed by atoms with van der Waals surface area (Å²) in [6, 6.07) is 0. The number of hydrogen-bond donors (Lipinski definition) is 2. The predicted molar refractivity (Wildman–Crippen MR) is 57.4 cm³/mol. The van der Waals surface area contributed by atoms with Gasteiger partial charge in [0.05, 0.1) is 11.7 Å². The maximum atomic E-state index is 5.64. The Bertz CT molecular complexity index is 598. The van der Waals surface area contributed by atoms with E-state index < -0.39 is 0 Å². The highest BCUT2D eigenvalue weighted by molar-refractivity contribution is 7.07. The van der Waals surface area contributed by atoms with Crippen LogP contribution < -0.4 is 5.73 Å². The zero-order valence-corrected chi connectivity index (χ0v) is 8.73. The van der Waals surface area contributed by atoms with Gasteiger partial charge in [-0.25, -0.2) is 4.98 Å². The summed E-state index contributed by atoms with van der Waals surface area (Å²) in [5, 5.41) is 12.0. The minimum atomic E-state index is 0.328. The average Bonchev–Trinajstić information content (AvgIpc) is 2.96. The van der Waals surface area contributed by atoms with Gasteiger partial charge in [0, 0.05) is 5.38 Å². The van der Waals surface area contributed by atoms with Crippen LogP contribution in [-0.2, 0) is 0 Å². The van der Waals surface area contributed by atoms with Gasteiger partial charge in [-0.3, -0.25) is 5.10 Å². The summed E-state index contributed by atoms with van der Waals surface area (Å²) in [5.74, 6) is 1.17. The molecule has 3 N–H and O–H groups in total. The smallest absolute Gasteiger partial charge is 0.263 e. The summed E-state index contributed by atoms with van der Waals surface area (Å²) in [5.41, 5.74) is 8.62. The molecule has 0 amide bonds. The van der Waals surface area contributed by atoms with Crippen LogP contribution >= 0.6 is 11.3 Å². The van der Waals surface area contributed by atoms with E-state index >= 15 is 0 Å². The van der Waals surface area contributed by atoms with Gasteiger partial charge in [0.25, 0.3) is 5.89 Å². The molecule has 3 aromatic rings. The number of H-pyrrole nitrogens is 1. The standard InChI is InChI=1S/C8H6N6OS/c9-6-4(1-11-13-6)8-12-7(14-15-8)5-2-16-3-10-5/h1-3H,(H3,9,11,13). The molecule has 3 aromatic heterocycles. The van der Waals surface area contributed by atoms with Crippen molar-refractivity contribution in [2.75, 3.05) is 5.73 Å². The number of rotatable bonds is 2. The van der Waals surface area contributed by atoms with Crippen LogP contribution in [-0.4, -0.2) is 25.3 Å². The number of anilines is 1. The van der Waals surface area contributed by atoms with Gasteiger partial charge in [-0.05, 0) is 0 Å². The van der Waals surface area contributed by atoms with Crippen molar-refractivity contribution in [3.63, 3.8) is 0 Å². The normalized spacial score (nSPS) is 10.8. The topological polar surface area (TPSA) is 107 Å². The summed E-state index contributed by atoms with van der Waals surface area (Å²) < 4.78 is 5.08. The number of aromatic amines is 1. The Hall–Kier alpha value is -2.22. The van der Waals surface area contributed by atoms with Crippen LogP contribution in [0.2, 0.25) is 0 Å². The Morgan fingerprint density at radius 1 is 1.44 bits per heavy atom. The quantitative estimate of drug-likeness (QED) is 0.689. The molecular weight excluding hydrogens is 228 g/mol. The monoisotopic (exact) mass is 234 g/mol. The van der Waals surface area contributed by atoms with Crippen molar-refractivity contribution in [2.45, 2.75) is 0 Å². The SMILES string of the molecule is Nc1[nH]ncc1-c1nc(-c2cscn2)no1. The highest BCUT2D eigenvalue weighted by atomic mass is 32.1. The molecule has 0 aliphatic carbocycles.